The third kappa shape index (κ3) is 3.71. The van der Waals surface area contributed by atoms with E-state index in [9.17, 15) is 9.59 Å². The SMILES string of the molecule is COc1ccc(N2CC(C(=O)NC(CN)C3CC3)CC2=O)c(OC)c1. The molecule has 3 N–H and O–H groups in total. The largest absolute Gasteiger partial charge is 0.497 e. The summed E-state index contributed by atoms with van der Waals surface area (Å²) >= 11 is 0. The Hall–Kier alpha value is -2.28. The van der Waals surface area contributed by atoms with E-state index < -0.39 is 0 Å². The molecule has 1 aliphatic heterocycles. The molecule has 2 aliphatic rings. The van der Waals surface area contributed by atoms with Gasteiger partial charge in [0.2, 0.25) is 11.8 Å². The highest BCUT2D eigenvalue weighted by Gasteiger charge is 2.38. The van der Waals surface area contributed by atoms with Crippen LogP contribution in [0, 0.1) is 11.8 Å². The number of hydrogen-bond donors (Lipinski definition) is 2. The van der Waals surface area contributed by atoms with Crippen LogP contribution >= 0.6 is 0 Å². The minimum Gasteiger partial charge on any atom is -0.497 e. The molecule has 0 aromatic heterocycles. The van der Waals surface area contributed by atoms with E-state index in [0.29, 0.717) is 36.2 Å². The van der Waals surface area contributed by atoms with Crippen LogP contribution in [0.4, 0.5) is 5.69 Å². The number of nitrogens with one attached hydrogen (secondary N) is 1. The zero-order chi connectivity index (χ0) is 18.0. The normalized spacial score (nSPS) is 21.2. The van der Waals surface area contributed by atoms with Crippen molar-refractivity contribution in [1.29, 1.82) is 0 Å². The number of nitrogens with zero attached hydrogens (tertiary/aromatic N) is 1. The molecule has 2 fully saturated rings. The maximum atomic E-state index is 12.5. The number of benzene rings is 1. The summed E-state index contributed by atoms with van der Waals surface area (Å²) in [5.41, 5.74) is 6.40. The topological polar surface area (TPSA) is 93.9 Å². The average molecular weight is 347 g/mol. The number of anilines is 1. The highest BCUT2D eigenvalue weighted by Crippen LogP contribution is 2.36. The third-order valence-electron chi connectivity index (χ3n) is 4.95. The van der Waals surface area contributed by atoms with E-state index in [1.165, 1.54) is 0 Å². The Bertz CT molecular complexity index is 660. The predicted octanol–water partition coefficient (Wildman–Crippen LogP) is 0.910. The van der Waals surface area contributed by atoms with Crippen molar-refractivity contribution in [3.63, 3.8) is 0 Å². The number of methoxy groups -OCH3 is 2. The molecule has 25 heavy (non-hydrogen) atoms. The van der Waals surface area contributed by atoms with E-state index in [-0.39, 0.29) is 30.2 Å². The molecule has 0 bridgehead atoms. The van der Waals surface area contributed by atoms with E-state index >= 15 is 0 Å². The van der Waals surface area contributed by atoms with Gasteiger partial charge in [-0.25, -0.2) is 0 Å². The molecule has 1 aliphatic carbocycles. The van der Waals surface area contributed by atoms with Gasteiger partial charge in [-0.05, 0) is 30.9 Å². The van der Waals surface area contributed by atoms with Crippen LogP contribution in [0.1, 0.15) is 19.3 Å². The molecule has 1 aromatic rings. The van der Waals surface area contributed by atoms with Crippen LogP contribution in [0.2, 0.25) is 0 Å². The van der Waals surface area contributed by atoms with Gasteiger partial charge in [0.15, 0.2) is 0 Å². The fraction of sp³-hybridized carbons (Fsp3) is 0.556. The molecule has 0 spiro atoms. The fourth-order valence-electron chi connectivity index (χ4n) is 3.29. The van der Waals surface area contributed by atoms with Crippen LogP contribution in [0.25, 0.3) is 0 Å². The van der Waals surface area contributed by atoms with Crippen LogP contribution in [0.15, 0.2) is 18.2 Å². The highest BCUT2D eigenvalue weighted by atomic mass is 16.5. The van der Waals surface area contributed by atoms with E-state index in [1.54, 1.807) is 37.3 Å². The Kier molecular flexibility index (Phi) is 5.13. The quantitative estimate of drug-likeness (QED) is 0.765. The van der Waals surface area contributed by atoms with Gasteiger partial charge < -0.3 is 25.4 Å². The number of rotatable bonds is 7. The predicted molar refractivity (Wildman–Crippen MR) is 93.7 cm³/mol. The van der Waals surface area contributed by atoms with E-state index in [2.05, 4.69) is 5.32 Å². The third-order valence-corrected chi connectivity index (χ3v) is 4.95. The van der Waals surface area contributed by atoms with Crippen molar-refractivity contribution < 1.29 is 19.1 Å². The van der Waals surface area contributed by atoms with Gasteiger partial charge in [-0.3, -0.25) is 9.59 Å². The number of hydrogen-bond acceptors (Lipinski definition) is 5. The molecule has 2 atom stereocenters. The van der Waals surface area contributed by atoms with Gasteiger partial charge in [0.25, 0.3) is 0 Å². The summed E-state index contributed by atoms with van der Waals surface area (Å²) in [6, 6.07) is 5.30. The lowest BCUT2D eigenvalue weighted by molar-refractivity contribution is -0.127. The van der Waals surface area contributed by atoms with Crippen molar-refractivity contribution in [3.05, 3.63) is 18.2 Å². The van der Waals surface area contributed by atoms with E-state index in [1.807, 2.05) is 0 Å². The lowest BCUT2D eigenvalue weighted by Gasteiger charge is -2.21. The van der Waals surface area contributed by atoms with E-state index in [0.717, 1.165) is 12.8 Å². The minimum atomic E-state index is -0.368. The highest BCUT2D eigenvalue weighted by molar-refractivity contribution is 6.01. The fourth-order valence-corrected chi connectivity index (χ4v) is 3.29. The van der Waals surface area contributed by atoms with Crippen LogP contribution < -0.4 is 25.4 Å². The van der Waals surface area contributed by atoms with Gasteiger partial charge in [0.1, 0.15) is 11.5 Å². The Morgan fingerprint density at radius 2 is 2.12 bits per heavy atom. The summed E-state index contributed by atoms with van der Waals surface area (Å²) in [4.78, 5) is 26.6. The molecule has 2 unspecified atom stereocenters. The number of amides is 2. The van der Waals surface area contributed by atoms with Gasteiger partial charge in [0, 0.05) is 31.6 Å². The number of ether oxygens (including phenoxy) is 2. The molecule has 7 nitrogen and oxygen atoms in total. The van der Waals surface area contributed by atoms with Gasteiger partial charge in [-0.15, -0.1) is 0 Å². The van der Waals surface area contributed by atoms with Gasteiger partial charge in [-0.2, -0.15) is 0 Å². The number of carbonyl (C=O) groups excluding carboxylic acids is 2. The molecular weight excluding hydrogens is 322 g/mol. The van der Waals surface area contributed by atoms with Gasteiger partial charge >= 0.3 is 0 Å². The maximum absolute atomic E-state index is 12.5. The second kappa shape index (κ2) is 7.31. The molecule has 1 saturated heterocycles. The first-order valence-electron chi connectivity index (χ1n) is 8.60. The first-order valence-corrected chi connectivity index (χ1v) is 8.60. The van der Waals surface area contributed by atoms with Crippen molar-refractivity contribution in [1.82, 2.24) is 5.32 Å². The summed E-state index contributed by atoms with van der Waals surface area (Å²) in [6.07, 6.45) is 2.42. The molecule has 0 radical (unpaired) electrons. The Balaban J connectivity index is 1.71. The Labute approximate surface area is 147 Å². The summed E-state index contributed by atoms with van der Waals surface area (Å²) in [7, 11) is 3.12. The van der Waals surface area contributed by atoms with Crippen molar-refractivity contribution >= 4 is 17.5 Å². The van der Waals surface area contributed by atoms with Crippen LogP contribution in [-0.4, -0.2) is 45.2 Å². The standard InChI is InChI=1S/C18H25N3O4/c1-24-13-5-6-15(16(8-13)25-2)21-10-12(7-17(21)22)18(23)20-14(9-19)11-3-4-11/h5-6,8,11-12,14H,3-4,7,9-10,19H2,1-2H3,(H,20,23). The van der Waals surface area contributed by atoms with Crippen molar-refractivity contribution in [2.45, 2.75) is 25.3 Å². The molecule has 3 rings (SSSR count). The zero-order valence-corrected chi connectivity index (χ0v) is 14.7. The Morgan fingerprint density at radius 3 is 2.72 bits per heavy atom. The first kappa shape index (κ1) is 17.5. The Morgan fingerprint density at radius 1 is 1.36 bits per heavy atom. The van der Waals surface area contributed by atoms with Crippen LogP contribution in [0.3, 0.4) is 0 Å². The first-order chi connectivity index (χ1) is 12.1. The maximum Gasteiger partial charge on any atom is 0.227 e. The monoisotopic (exact) mass is 347 g/mol. The smallest absolute Gasteiger partial charge is 0.227 e. The molecular formula is C18H25N3O4. The zero-order valence-electron chi connectivity index (χ0n) is 14.7. The second-order valence-corrected chi connectivity index (χ2v) is 6.63. The summed E-state index contributed by atoms with van der Waals surface area (Å²) in [5, 5.41) is 3.02. The van der Waals surface area contributed by atoms with Crippen LogP contribution in [0.5, 0.6) is 11.5 Å². The molecule has 1 saturated carbocycles. The van der Waals surface area contributed by atoms with Gasteiger partial charge in [-0.1, -0.05) is 0 Å². The summed E-state index contributed by atoms with van der Waals surface area (Å²) in [5.74, 6) is 1.14. The van der Waals surface area contributed by atoms with Crippen LogP contribution in [-0.2, 0) is 9.59 Å². The van der Waals surface area contributed by atoms with Crippen molar-refractivity contribution in [2.24, 2.45) is 17.6 Å². The molecule has 1 heterocycles. The van der Waals surface area contributed by atoms with Gasteiger partial charge in [0.05, 0.1) is 25.8 Å². The molecule has 7 heteroatoms. The molecule has 2 amide bonds. The van der Waals surface area contributed by atoms with Crippen molar-refractivity contribution in [2.75, 3.05) is 32.2 Å². The summed E-state index contributed by atoms with van der Waals surface area (Å²) < 4.78 is 10.6. The molecule has 1 aromatic carbocycles. The number of nitrogens with two attached hydrogens (primary N) is 1. The lowest BCUT2D eigenvalue weighted by Crippen LogP contribution is -2.45. The number of carbonyl (C=O) groups is 2. The molecule has 136 valence electrons. The minimum absolute atomic E-state index is 0.0205. The lowest BCUT2D eigenvalue weighted by atomic mass is 10.1. The summed E-state index contributed by atoms with van der Waals surface area (Å²) in [6.45, 7) is 0.780. The second-order valence-electron chi connectivity index (χ2n) is 6.63. The van der Waals surface area contributed by atoms with Crippen molar-refractivity contribution in [3.8, 4) is 11.5 Å². The average Bonchev–Trinajstić information content (AvgIpc) is 3.40. The van der Waals surface area contributed by atoms with E-state index in [4.69, 9.17) is 15.2 Å².